The first-order valence-electron chi connectivity index (χ1n) is 17.3. The Morgan fingerprint density at radius 3 is 0.400 bits per heavy atom. The maximum Gasteiger partial charge on any atom is -0.0386 e. The molecule has 0 unspecified atom stereocenters. The minimum Gasteiger partial charge on any atom is -0.0533 e. The van der Waals surface area contributed by atoms with E-state index in [2.05, 4.69) is 6.42 Å². The van der Waals surface area contributed by atoms with Crippen LogP contribution in [0.25, 0.3) is 0 Å². The van der Waals surface area contributed by atoms with Crippen molar-refractivity contribution in [3.05, 3.63) is 6.42 Å². The molecular formula is C35H69. The van der Waals surface area contributed by atoms with Crippen molar-refractivity contribution in [1.29, 1.82) is 0 Å². The second-order valence-electron chi connectivity index (χ2n) is 12.2. The molecule has 1 saturated carbocycles. The average molecular weight is 490 g/mol. The first kappa shape index (κ1) is 33.0. The molecule has 1 fully saturated rings. The maximum absolute atomic E-state index is 2.59. The van der Waals surface area contributed by atoms with Gasteiger partial charge in [-0.05, 0) is 6.42 Å². The summed E-state index contributed by atoms with van der Waals surface area (Å²) in [6.45, 7) is 0. The fourth-order valence-electron chi connectivity index (χ4n) is 6.02. The van der Waals surface area contributed by atoms with Gasteiger partial charge in [0.05, 0.1) is 0 Å². The second kappa shape index (κ2) is 30.2. The van der Waals surface area contributed by atoms with E-state index in [1.54, 1.807) is 0 Å². The van der Waals surface area contributed by atoms with Crippen molar-refractivity contribution >= 4 is 0 Å². The third-order valence-electron chi connectivity index (χ3n) is 8.57. The molecule has 35 heavy (non-hydrogen) atoms. The zero-order chi connectivity index (χ0) is 24.7. The molecule has 0 N–H and O–H groups in total. The summed E-state index contributed by atoms with van der Waals surface area (Å²) in [7, 11) is 0. The fourth-order valence-corrected chi connectivity index (χ4v) is 6.02. The van der Waals surface area contributed by atoms with Crippen molar-refractivity contribution in [3.8, 4) is 0 Å². The molecular weight excluding hydrogens is 420 g/mol. The van der Waals surface area contributed by atoms with Crippen LogP contribution in [-0.4, -0.2) is 0 Å². The Labute approximate surface area is 224 Å². The summed E-state index contributed by atoms with van der Waals surface area (Å²) >= 11 is 0. The predicted octanol–water partition coefficient (Wildman–Crippen LogP) is 13.5. The normalized spacial score (nSPS) is 24.0. The molecule has 0 aromatic rings. The summed E-state index contributed by atoms with van der Waals surface area (Å²) in [5.41, 5.74) is 0. The molecule has 0 saturated heterocycles. The highest BCUT2D eigenvalue weighted by atomic mass is 14.0. The van der Waals surface area contributed by atoms with E-state index in [9.17, 15) is 0 Å². The lowest BCUT2D eigenvalue weighted by Gasteiger charge is -2.04. The number of hydrogen-bond donors (Lipinski definition) is 0. The average Bonchev–Trinajstić information content (AvgIpc) is 2.87. The Balaban J connectivity index is 2.00. The lowest BCUT2D eigenvalue weighted by Crippen LogP contribution is -1.85. The highest BCUT2D eigenvalue weighted by Gasteiger charge is 1.98. The zero-order valence-electron chi connectivity index (χ0n) is 24.6. The van der Waals surface area contributed by atoms with E-state index in [1.807, 2.05) is 0 Å². The van der Waals surface area contributed by atoms with Crippen LogP contribution in [0, 0.1) is 6.42 Å². The van der Waals surface area contributed by atoms with Gasteiger partial charge < -0.3 is 0 Å². The SMILES string of the molecule is [CH]1CCCCCCCCCCCCCCCCCCCCCCCCCCCCCCCCCC1. The first-order chi connectivity index (χ1) is 17.5. The molecule has 0 aliphatic heterocycles. The van der Waals surface area contributed by atoms with Crippen LogP contribution < -0.4 is 0 Å². The summed E-state index contributed by atoms with van der Waals surface area (Å²) in [5.74, 6) is 0. The van der Waals surface area contributed by atoms with Crippen LogP contribution in [0.1, 0.15) is 218 Å². The van der Waals surface area contributed by atoms with Crippen molar-refractivity contribution in [2.45, 2.75) is 218 Å². The van der Waals surface area contributed by atoms with E-state index < -0.39 is 0 Å². The van der Waals surface area contributed by atoms with Crippen LogP contribution in [0.5, 0.6) is 0 Å². The monoisotopic (exact) mass is 490 g/mol. The predicted molar refractivity (Wildman–Crippen MR) is 161 cm³/mol. The van der Waals surface area contributed by atoms with Crippen molar-refractivity contribution in [2.24, 2.45) is 0 Å². The lowest BCUT2D eigenvalue weighted by atomic mass is 10.0. The van der Waals surface area contributed by atoms with Crippen molar-refractivity contribution in [2.75, 3.05) is 0 Å². The molecule has 0 amide bonds. The van der Waals surface area contributed by atoms with E-state index in [0.29, 0.717) is 0 Å². The van der Waals surface area contributed by atoms with E-state index in [-0.39, 0.29) is 0 Å². The minimum absolute atomic E-state index is 1.38. The summed E-state index contributed by atoms with van der Waals surface area (Å²) in [6.07, 6.45) is 53.0. The molecule has 0 nitrogen and oxygen atoms in total. The topological polar surface area (TPSA) is 0 Å². The van der Waals surface area contributed by atoms with E-state index in [0.717, 1.165) is 0 Å². The Morgan fingerprint density at radius 1 is 0.143 bits per heavy atom. The molecule has 0 spiro atoms. The highest BCUT2D eigenvalue weighted by Crippen LogP contribution is 2.17. The Morgan fingerprint density at radius 2 is 0.257 bits per heavy atom. The molecule has 0 heterocycles. The Kier molecular flexibility index (Phi) is 28.5. The van der Waals surface area contributed by atoms with Gasteiger partial charge in [0.15, 0.2) is 0 Å². The molecule has 0 heteroatoms. The minimum atomic E-state index is 1.38. The third kappa shape index (κ3) is 28.4. The summed E-state index contributed by atoms with van der Waals surface area (Å²) < 4.78 is 0. The van der Waals surface area contributed by atoms with Gasteiger partial charge in [-0.3, -0.25) is 0 Å². The maximum atomic E-state index is 2.59. The molecule has 1 aliphatic carbocycles. The van der Waals surface area contributed by atoms with Crippen molar-refractivity contribution in [1.82, 2.24) is 0 Å². The fraction of sp³-hybridized carbons (Fsp3) is 0.971. The molecule has 209 valence electrons. The molecule has 1 aliphatic rings. The second-order valence-corrected chi connectivity index (χ2v) is 12.2. The molecule has 0 aromatic carbocycles. The quantitative estimate of drug-likeness (QED) is 0.317. The lowest BCUT2D eigenvalue weighted by molar-refractivity contribution is 0.512. The Hall–Kier alpha value is 0. The van der Waals surface area contributed by atoms with Gasteiger partial charge in [-0.15, -0.1) is 0 Å². The first-order valence-corrected chi connectivity index (χ1v) is 17.3. The molecule has 0 aromatic heterocycles. The van der Waals surface area contributed by atoms with Gasteiger partial charge in [-0.2, -0.15) is 0 Å². The Bertz CT molecular complexity index is 180. The van der Waals surface area contributed by atoms with E-state index >= 15 is 0 Å². The van der Waals surface area contributed by atoms with Gasteiger partial charge in [0, 0.05) is 0 Å². The summed E-state index contributed by atoms with van der Waals surface area (Å²) in [5, 5.41) is 0. The standard InChI is InChI=1S/C35H69/c1-2-4-6-8-10-12-14-16-18-20-22-24-26-28-30-32-34-35-33-31-29-27-25-23-21-19-17-15-13-11-9-7-5-3-1/h1H,2-35H2. The van der Waals surface area contributed by atoms with E-state index in [4.69, 9.17) is 0 Å². The van der Waals surface area contributed by atoms with Gasteiger partial charge in [0.25, 0.3) is 0 Å². The summed E-state index contributed by atoms with van der Waals surface area (Å²) in [6, 6.07) is 0. The van der Waals surface area contributed by atoms with Gasteiger partial charge >= 0.3 is 0 Å². The number of rotatable bonds is 0. The summed E-state index contributed by atoms with van der Waals surface area (Å²) in [4.78, 5) is 0. The van der Waals surface area contributed by atoms with Crippen LogP contribution in [-0.2, 0) is 0 Å². The zero-order valence-corrected chi connectivity index (χ0v) is 24.6. The van der Waals surface area contributed by atoms with Gasteiger partial charge in [0.2, 0.25) is 0 Å². The van der Waals surface area contributed by atoms with Crippen LogP contribution in [0.3, 0.4) is 0 Å². The van der Waals surface area contributed by atoms with Crippen LogP contribution in [0.15, 0.2) is 0 Å². The van der Waals surface area contributed by atoms with Gasteiger partial charge in [-0.1, -0.05) is 218 Å². The van der Waals surface area contributed by atoms with Crippen LogP contribution >= 0.6 is 0 Å². The highest BCUT2D eigenvalue weighted by molar-refractivity contribution is 4.65. The molecule has 0 atom stereocenters. The van der Waals surface area contributed by atoms with Gasteiger partial charge in [-0.25, -0.2) is 0 Å². The largest absolute Gasteiger partial charge is 0.0533 e. The number of hydrogen-bond acceptors (Lipinski definition) is 0. The molecule has 1 radical (unpaired) electrons. The van der Waals surface area contributed by atoms with Gasteiger partial charge in [0.1, 0.15) is 0 Å². The molecule has 0 bridgehead atoms. The molecule has 1 rings (SSSR count). The third-order valence-corrected chi connectivity index (χ3v) is 8.57. The van der Waals surface area contributed by atoms with Crippen LogP contribution in [0.4, 0.5) is 0 Å². The van der Waals surface area contributed by atoms with Crippen LogP contribution in [0.2, 0.25) is 0 Å². The van der Waals surface area contributed by atoms with Crippen molar-refractivity contribution < 1.29 is 0 Å². The smallest absolute Gasteiger partial charge is 0.0386 e. The van der Waals surface area contributed by atoms with E-state index in [1.165, 1.54) is 218 Å². The van der Waals surface area contributed by atoms with Crippen molar-refractivity contribution in [3.63, 3.8) is 0 Å².